The Morgan fingerprint density at radius 3 is 2.42 bits per heavy atom. The second-order valence-corrected chi connectivity index (χ2v) is 8.07. The number of nitrogens with zero attached hydrogens (tertiary/aromatic N) is 6. The van der Waals surface area contributed by atoms with Crippen molar-refractivity contribution in [1.82, 2.24) is 35.1 Å². The van der Waals surface area contributed by atoms with Crippen molar-refractivity contribution in [3.63, 3.8) is 0 Å². The summed E-state index contributed by atoms with van der Waals surface area (Å²) in [5, 5.41) is 16.1. The van der Waals surface area contributed by atoms with E-state index in [0.717, 1.165) is 42.6 Å². The Morgan fingerprint density at radius 1 is 0.909 bits per heavy atom. The highest BCUT2D eigenvalue weighted by Gasteiger charge is 2.26. The van der Waals surface area contributed by atoms with Crippen LogP contribution in [0.1, 0.15) is 42.2 Å². The lowest BCUT2D eigenvalue weighted by Gasteiger charge is -2.29. The third-order valence-corrected chi connectivity index (χ3v) is 5.89. The van der Waals surface area contributed by atoms with Crippen LogP contribution in [0.4, 0.5) is 0 Å². The normalized spacial score (nSPS) is 18.1. The zero-order chi connectivity index (χ0) is 22.6. The number of para-hydroxylation sites is 1. The summed E-state index contributed by atoms with van der Waals surface area (Å²) in [7, 11) is 0. The van der Waals surface area contributed by atoms with Crippen LogP contribution >= 0.6 is 0 Å². The van der Waals surface area contributed by atoms with E-state index in [-0.39, 0.29) is 29.2 Å². The zero-order valence-electron chi connectivity index (χ0n) is 17.9. The Balaban J connectivity index is 1.22. The molecule has 3 aromatic heterocycles. The maximum Gasteiger partial charge on any atom is 0.273 e. The predicted molar refractivity (Wildman–Crippen MR) is 122 cm³/mol. The molecular formula is C24H23N7O2. The minimum atomic E-state index is -0.240. The zero-order valence-corrected chi connectivity index (χ0v) is 17.9. The van der Waals surface area contributed by atoms with Crippen LogP contribution in [-0.2, 0) is 0 Å². The average molecular weight is 441 g/mol. The Bertz CT molecular complexity index is 1290. The number of benzene rings is 1. The van der Waals surface area contributed by atoms with Crippen molar-refractivity contribution < 1.29 is 4.79 Å². The molecule has 3 heterocycles. The molecule has 166 valence electrons. The Hall–Kier alpha value is -4.14. The molecule has 1 N–H and O–H groups in total. The molecular weight excluding hydrogens is 418 g/mol. The highest BCUT2D eigenvalue weighted by Crippen LogP contribution is 2.27. The highest BCUT2D eigenvalue weighted by molar-refractivity contribution is 5.92. The summed E-state index contributed by atoms with van der Waals surface area (Å²) in [5.41, 5.74) is 2.63. The highest BCUT2D eigenvalue weighted by atomic mass is 16.2. The molecule has 9 heteroatoms. The van der Waals surface area contributed by atoms with Gasteiger partial charge >= 0.3 is 0 Å². The first-order chi connectivity index (χ1) is 16.2. The maximum absolute atomic E-state index is 12.7. The molecule has 33 heavy (non-hydrogen) atoms. The predicted octanol–water partition coefficient (Wildman–Crippen LogP) is 2.80. The molecule has 9 nitrogen and oxygen atoms in total. The lowest BCUT2D eigenvalue weighted by Crippen LogP contribution is -2.39. The maximum atomic E-state index is 12.7. The Kier molecular flexibility index (Phi) is 5.75. The third kappa shape index (κ3) is 4.57. The summed E-state index contributed by atoms with van der Waals surface area (Å²) >= 11 is 0. The molecule has 0 aliphatic heterocycles. The molecule has 4 aromatic rings. The summed E-state index contributed by atoms with van der Waals surface area (Å²) < 4.78 is 1.58. The fourth-order valence-corrected chi connectivity index (χ4v) is 4.14. The molecule has 0 radical (unpaired) electrons. The molecule has 1 fully saturated rings. The molecule has 1 amide bonds. The Morgan fingerprint density at radius 2 is 1.67 bits per heavy atom. The van der Waals surface area contributed by atoms with Crippen molar-refractivity contribution in [2.24, 2.45) is 0 Å². The summed E-state index contributed by atoms with van der Waals surface area (Å²) in [6.07, 6.45) is 7.93. The molecule has 0 atom stereocenters. The average Bonchev–Trinajstić information content (AvgIpc) is 3.37. The third-order valence-electron chi connectivity index (χ3n) is 5.89. The van der Waals surface area contributed by atoms with Crippen LogP contribution in [0.5, 0.6) is 0 Å². The first-order valence-electron chi connectivity index (χ1n) is 11.0. The van der Waals surface area contributed by atoms with Gasteiger partial charge in [0, 0.05) is 30.1 Å². The number of pyridine rings is 1. The van der Waals surface area contributed by atoms with Gasteiger partial charge in [-0.05, 0) is 56.0 Å². The first kappa shape index (κ1) is 20.7. The van der Waals surface area contributed by atoms with E-state index in [1.807, 2.05) is 42.5 Å². The smallest absolute Gasteiger partial charge is 0.273 e. The molecule has 0 unspecified atom stereocenters. The van der Waals surface area contributed by atoms with Gasteiger partial charge in [0.1, 0.15) is 0 Å². The van der Waals surface area contributed by atoms with Crippen LogP contribution in [0.25, 0.3) is 16.9 Å². The number of aromatic nitrogens is 6. The van der Waals surface area contributed by atoms with Crippen LogP contribution in [0.2, 0.25) is 0 Å². The molecule has 1 aliphatic rings. The lowest BCUT2D eigenvalue weighted by molar-refractivity contribution is 0.0916. The monoisotopic (exact) mass is 441 g/mol. The second kappa shape index (κ2) is 9.15. The topological polar surface area (TPSA) is 108 Å². The lowest BCUT2D eigenvalue weighted by atomic mass is 9.91. The number of carbonyl (C=O) groups excluding carboxylic acids is 1. The van der Waals surface area contributed by atoms with Crippen molar-refractivity contribution in [3.05, 3.63) is 89.2 Å². The fraction of sp³-hybridized carbons (Fsp3) is 0.250. The van der Waals surface area contributed by atoms with E-state index in [2.05, 4.69) is 25.6 Å². The molecule has 0 bridgehead atoms. The van der Waals surface area contributed by atoms with Crippen molar-refractivity contribution in [2.45, 2.75) is 37.8 Å². The van der Waals surface area contributed by atoms with Crippen LogP contribution in [-0.4, -0.2) is 41.7 Å². The van der Waals surface area contributed by atoms with Gasteiger partial charge in [-0.15, -0.1) is 5.10 Å². The van der Waals surface area contributed by atoms with Gasteiger partial charge in [-0.3, -0.25) is 14.6 Å². The number of hydrogen-bond acceptors (Lipinski definition) is 6. The summed E-state index contributed by atoms with van der Waals surface area (Å²) in [6.45, 7) is 0. The SMILES string of the molecule is O=C(NC1CCC(n2nc(-c3ccncc3)ccc2=O)CC1)c1cnn(-c2ccccc2)n1. The van der Waals surface area contributed by atoms with Crippen molar-refractivity contribution >= 4 is 5.91 Å². The molecule has 1 aromatic carbocycles. The molecule has 1 aliphatic carbocycles. The van der Waals surface area contributed by atoms with Crippen molar-refractivity contribution in [2.75, 3.05) is 0 Å². The van der Waals surface area contributed by atoms with Crippen molar-refractivity contribution in [3.8, 4) is 16.9 Å². The van der Waals surface area contributed by atoms with Gasteiger partial charge in [-0.2, -0.15) is 15.0 Å². The number of carbonyl (C=O) groups is 1. The van der Waals surface area contributed by atoms with Gasteiger partial charge in [0.05, 0.1) is 23.6 Å². The van der Waals surface area contributed by atoms with Crippen LogP contribution in [0, 0.1) is 0 Å². The van der Waals surface area contributed by atoms with Crippen LogP contribution in [0.15, 0.2) is 78.0 Å². The van der Waals surface area contributed by atoms with E-state index >= 15 is 0 Å². The summed E-state index contributed by atoms with van der Waals surface area (Å²) in [5.74, 6) is -0.240. The number of amides is 1. The standard InChI is InChI=1S/C24H23N7O2/c32-23-11-10-21(17-12-14-25-15-13-17)28-30(23)19-8-6-18(7-9-19)27-24(33)22-16-26-31(29-22)20-4-2-1-3-5-20/h1-5,10-16,18-19H,6-9H2,(H,27,33). The quantitative estimate of drug-likeness (QED) is 0.510. The number of hydrogen-bond donors (Lipinski definition) is 1. The van der Waals surface area contributed by atoms with Crippen LogP contribution in [0.3, 0.4) is 0 Å². The van der Waals surface area contributed by atoms with Gasteiger partial charge in [-0.1, -0.05) is 18.2 Å². The van der Waals surface area contributed by atoms with E-state index in [1.165, 1.54) is 11.0 Å². The van der Waals surface area contributed by atoms with E-state index in [9.17, 15) is 9.59 Å². The largest absolute Gasteiger partial charge is 0.348 e. The van der Waals surface area contributed by atoms with E-state index in [1.54, 1.807) is 29.2 Å². The number of rotatable bonds is 5. The van der Waals surface area contributed by atoms with Crippen LogP contribution < -0.4 is 10.9 Å². The van der Waals surface area contributed by atoms with Gasteiger partial charge in [0.25, 0.3) is 11.5 Å². The van der Waals surface area contributed by atoms with E-state index in [0.29, 0.717) is 0 Å². The summed E-state index contributed by atoms with van der Waals surface area (Å²) in [4.78, 5) is 30.6. The minimum absolute atomic E-state index is 0.00592. The first-order valence-corrected chi connectivity index (χ1v) is 11.0. The fourth-order valence-electron chi connectivity index (χ4n) is 4.14. The van der Waals surface area contributed by atoms with Crippen molar-refractivity contribution in [1.29, 1.82) is 0 Å². The van der Waals surface area contributed by atoms with Gasteiger partial charge < -0.3 is 5.32 Å². The molecule has 1 saturated carbocycles. The van der Waals surface area contributed by atoms with Gasteiger partial charge in [0.2, 0.25) is 0 Å². The second-order valence-electron chi connectivity index (χ2n) is 8.07. The summed E-state index contributed by atoms with van der Waals surface area (Å²) in [6, 6.07) is 16.5. The number of nitrogens with one attached hydrogen (secondary N) is 1. The Labute approximate surface area is 190 Å². The molecule has 0 spiro atoms. The molecule has 0 saturated heterocycles. The van der Waals surface area contributed by atoms with E-state index in [4.69, 9.17) is 0 Å². The van der Waals surface area contributed by atoms with Gasteiger partial charge in [-0.25, -0.2) is 4.68 Å². The van der Waals surface area contributed by atoms with Gasteiger partial charge in [0.15, 0.2) is 5.69 Å². The van der Waals surface area contributed by atoms with E-state index < -0.39 is 0 Å². The molecule has 5 rings (SSSR count). The minimum Gasteiger partial charge on any atom is -0.348 e.